The lowest BCUT2D eigenvalue weighted by molar-refractivity contribution is -0.223. The topological polar surface area (TPSA) is 93.1 Å². The Labute approximate surface area is 243 Å². The van der Waals surface area contributed by atoms with E-state index in [1.165, 1.54) is 24.3 Å². The molecule has 2 N–H and O–H groups in total. The van der Waals surface area contributed by atoms with Crippen molar-refractivity contribution in [3.8, 4) is 0 Å². The maximum absolute atomic E-state index is 15.1. The largest absolute Gasteiger partial charge is 0.462 e. The van der Waals surface area contributed by atoms with E-state index in [1.54, 1.807) is 0 Å². The van der Waals surface area contributed by atoms with Crippen LogP contribution in [0.25, 0.3) is 0 Å². The molecule has 0 radical (unpaired) electrons. The number of carbonyl (C=O) groups excluding carboxylic acids is 2. The Morgan fingerprint density at radius 2 is 1.14 bits per heavy atom. The third-order valence-electron chi connectivity index (χ3n) is 6.80. The molecule has 0 amide bonds. The van der Waals surface area contributed by atoms with Gasteiger partial charge in [-0.05, 0) is 36.8 Å². The number of benzene rings is 2. The standard InChI is InChI=1S/C32H38F4O6/c1-4-5-6-7-24-10-14-27(15-11-24)31(33,34)32(35,36)28-16-12-25(13-17-28)8-9-26(20-41-29(39)22(2)18-37)21-42-30(40)23(3)19-38/h10-17,26,37-38H,2-9,18-21H2,1H3. The minimum Gasteiger partial charge on any atom is -0.462 e. The molecule has 0 heterocycles. The highest BCUT2D eigenvalue weighted by atomic mass is 19.3. The fourth-order valence-electron chi connectivity index (χ4n) is 4.01. The van der Waals surface area contributed by atoms with Gasteiger partial charge in [0.15, 0.2) is 0 Å². The summed E-state index contributed by atoms with van der Waals surface area (Å²) in [6, 6.07) is 9.55. The van der Waals surface area contributed by atoms with Crippen molar-refractivity contribution in [3.63, 3.8) is 0 Å². The van der Waals surface area contributed by atoms with Crippen molar-refractivity contribution in [1.29, 1.82) is 0 Å². The molecule has 2 rings (SSSR count). The maximum Gasteiger partial charge on any atom is 0.339 e. The molecule has 230 valence electrons. The van der Waals surface area contributed by atoms with E-state index < -0.39 is 54.0 Å². The van der Waals surface area contributed by atoms with Crippen molar-refractivity contribution in [3.05, 3.63) is 95.1 Å². The first-order chi connectivity index (χ1) is 19.9. The minimum atomic E-state index is -4.47. The van der Waals surface area contributed by atoms with E-state index in [2.05, 4.69) is 13.2 Å². The van der Waals surface area contributed by atoms with Gasteiger partial charge in [0.05, 0.1) is 37.6 Å². The van der Waals surface area contributed by atoms with E-state index in [0.717, 1.165) is 49.1 Å². The number of alkyl halides is 4. The number of rotatable bonds is 18. The van der Waals surface area contributed by atoms with Crippen LogP contribution in [0.5, 0.6) is 0 Å². The molecule has 0 aliphatic carbocycles. The second-order valence-electron chi connectivity index (χ2n) is 10.1. The van der Waals surface area contributed by atoms with Gasteiger partial charge in [-0.15, -0.1) is 0 Å². The fraction of sp³-hybridized carbons (Fsp3) is 0.438. The van der Waals surface area contributed by atoms with Crippen molar-refractivity contribution in [1.82, 2.24) is 0 Å². The van der Waals surface area contributed by atoms with Crippen LogP contribution in [-0.2, 0) is 43.7 Å². The van der Waals surface area contributed by atoms with E-state index >= 15 is 17.6 Å². The van der Waals surface area contributed by atoms with Crippen molar-refractivity contribution in [2.75, 3.05) is 26.4 Å². The molecule has 42 heavy (non-hydrogen) atoms. The molecule has 10 heteroatoms. The molecule has 0 fully saturated rings. The molecule has 0 atom stereocenters. The summed E-state index contributed by atoms with van der Waals surface area (Å²) in [5.74, 6) is -11.1. The summed E-state index contributed by atoms with van der Waals surface area (Å²) in [6.45, 7) is 7.16. The summed E-state index contributed by atoms with van der Waals surface area (Å²) in [5, 5.41) is 18.1. The van der Waals surface area contributed by atoms with Gasteiger partial charge < -0.3 is 19.7 Å². The highest BCUT2D eigenvalue weighted by molar-refractivity contribution is 5.88. The third kappa shape index (κ3) is 9.52. The number of hydrogen-bond donors (Lipinski definition) is 2. The lowest BCUT2D eigenvalue weighted by Gasteiger charge is -2.27. The molecule has 0 saturated carbocycles. The van der Waals surface area contributed by atoms with Crippen LogP contribution in [-0.4, -0.2) is 48.6 Å². The predicted molar refractivity (Wildman–Crippen MR) is 150 cm³/mol. The number of esters is 2. The zero-order valence-corrected chi connectivity index (χ0v) is 23.7. The zero-order valence-electron chi connectivity index (χ0n) is 23.7. The monoisotopic (exact) mass is 594 g/mol. The number of aliphatic hydroxyl groups excluding tert-OH is 2. The van der Waals surface area contributed by atoms with Crippen molar-refractivity contribution >= 4 is 11.9 Å². The summed E-state index contributed by atoms with van der Waals surface area (Å²) in [6.07, 6.45) is 4.10. The molecule has 0 aliphatic heterocycles. The van der Waals surface area contributed by atoms with Crippen LogP contribution in [0, 0.1) is 5.92 Å². The van der Waals surface area contributed by atoms with Crippen molar-refractivity contribution in [2.24, 2.45) is 5.92 Å². The van der Waals surface area contributed by atoms with E-state index in [1.807, 2.05) is 6.92 Å². The fourth-order valence-corrected chi connectivity index (χ4v) is 4.01. The number of hydrogen-bond acceptors (Lipinski definition) is 6. The van der Waals surface area contributed by atoms with E-state index in [-0.39, 0.29) is 37.2 Å². The summed E-state index contributed by atoms with van der Waals surface area (Å²) < 4.78 is 70.3. The smallest absolute Gasteiger partial charge is 0.339 e. The first kappa shape index (κ1) is 34.7. The predicted octanol–water partition coefficient (Wildman–Crippen LogP) is 6.04. The number of unbranched alkanes of at least 4 members (excludes halogenated alkanes) is 2. The van der Waals surface area contributed by atoms with Crippen molar-refractivity contribution < 1.29 is 46.8 Å². The number of carbonyl (C=O) groups is 2. The van der Waals surface area contributed by atoms with Gasteiger partial charge in [0.1, 0.15) is 0 Å². The van der Waals surface area contributed by atoms with Crippen LogP contribution >= 0.6 is 0 Å². The average molecular weight is 595 g/mol. The normalized spacial score (nSPS) is 11.8. The highest BCUT2D eigenvalue weighted by Crippen LogP contribution is 2.49. The molecule has 0 unspecified atom stereocenters. The molecular weight excluding hydrogens is 556 g/mol. The Hall–Kier alpha value is -3.50. The first-order valence-corrected chi connectivity index (χ1v) is 13.7. The van der Waals surface area contributed by atoms with Gasteiger partial charge in [-0.25, -0.2) is 9.59 Å². The lowest BCUT2D eigenvalue weighted by Crippen LogP contribution is -2.35. The molecule has 0 saturated heterocycles. The Kier molecular flexibility index (Phi) is 13.4. The highest BCUT2D eigenvalue weighted by Gasteiger charge is 2.58. The summed E-state index contributed by atoms with van der Waals surface area (Å²) in [5.41, 5.74) is -0.596. The van der Waals surface area contributed by atoms with Gasteiger partial charge in [0.2, 0.25) is 0 Å². The van der Waals surface area contributed by atoms with E-state index in [9.17, 15) is 9.59 Å². The average Bonchev–Trinajstić information content (AvgIpc) is 2.99. The molecule has 2 aromatic rings. The molecule has 0 aromatic heterocycles. The number of halogens is 4. The van der Waals surface area contributed by atoms with E-state index in [4.69, 9.17) is 19.7 Å². The number of aliphatic hydroxyl groups is 2. The van der Waals surface area contributed by atoms with Crippen LogP contribution in [0.3, 0.4) is 0 Å². The van der Waals surface area contributed by atoms with Gasteiger partial charge in [-0.1, -0.05) is 81.5 Å². The molecular formula is C32H38F4O6. The summed E-state index contributed by atoms with van der Waals surface area (Å²) in [7, 11) is 0. The second kappa shape index (κ2) is 16.2. The van der Waals surface area contributed by atoms with Crippen molar-refractivity contribution in [2.45, 2.75) is 57.3 Å². The number of aryl methyl sites for hydroxylation is 2. The molecule has 0 aliphatic rings. The Morgan fingerprint density at radius 1 is 0.738 bits per heavy atom. The first-order valence-electron chi connectivity index (χ1n) is 13.7. The van der Waals surface area contributed by atoms with Crippen LogP contribution < -0.4 is 0 Å². The SMILES string of the molecule is C=C(CO)C(=O)OCC(CCc1ccc(C(F)(F)C(F)(F)c2ccc(CCCCC)cc2)cc1)COC(=O)C(=C)CO. The quantitative estimate of drug-likeness (QED) is 0.0947. The maximum atomic E-state index is 15.1. The third-order valence-corrected chi connectivity index (χ3v) is 6.80. The molecule has 6 nitrogen and oxygen atoms in total. The zero-order chi connectivity index (χ0) is 31.3. The number of ether oxygens (including phenoxy) is 2. The van der Waals surface area contributed by atoms with Gasteiger partial charge in [0, 0.05) is 17.0 Å². The summed E-state index contributed by atoms with van der Waals surface area (Å²) >= 11 is 0. The molecule has 2 aromatic carbocycles. The second-order valence-corrected chi connectivity index (χ2v) is 10.1. The lowest BCUT2D eigenvalue weighted by atomic mass is 9.93. The Bertz CT molecular complexity index is 1160. The van der Waals surface area contributed by atoms with Crippen LogP contribution in [0.15, 0.2) is 72.8 Å². The van der Waals surface area contributed by atoms with Crippen LogP contribution in [0.1, 0.15) is 54.9 Å². The van der Waals surface area contributed by atoms with Gasteiger partial charge in [-0.2, -0.15) is 17.6 Å². The van der Waals surface area contributed by atoms with Crippen LogP contribution in [0.2, 0.25) is 0 Å². The van der Waals surface area contributed by atoms with Crippen LogP contribution in [0.4, 0.5) is 17.6 Å². The van der Waals surface area contributed by atoms with Gasteiger partial charge >= 0.3 is 23.8 Å². The van der Waals surface area contributed by atoms with E-state index in [0.29, 0.717) is 12.0 Å². The minimum absolute atomic E-state index is 0.171. The molecule has 0 bridgehead atoms. The molecule has 0 spiro atoms. The Balaban J connectivity index is 2.09. The Morgan fingerprint density at radius 3 is 1.52 bits per heavy atom. The summed E-state index contributed by atoms with van der Waals surface area (Å²) in [4.78, 5) is 23.7. The van der Waals surface area contributed by atoms with Gasteiger partial charge in [-0.3, -0.25) is 0 Å². The van der Waals surface area contributed by atoms with Gasteiger partial charge in [0.25, 0.3) is 0 Å².